The summed E-state index contributed by atoms with van der Waals surface area (Å²) in [5.41, 5.74) is 3.87. The van der Waals surface area contributed by atoms with Crippen LogP contribution < -0.4 is 4.72 Å². The monoisotopic (exact) mass is 363 g/mol. The van der Waals surface area contributed by atoms with Gasteiger partial charge in [-0.05, 0) is 48.9 Å². The summed E-state index contributed by atoms with van der Waals surface area (Å²) < 4.78 is 29.8. The summed E-state index contributed by atoms with van der Waals surface area (Å²) in [4.78, 5) is 4.82. The van der Waals surface area contributed by atoms with E-state index in [9.17, 15) is 8.42 Å². The normalized spacial score (nSPS) is 11.6. The minimum Gasteiger partial charge on any atom is -0.306 e. The average molecular weight is 363 g/mol. The molecule has 0 bridgehead atoms. The fourth-order valence-electron chi connectivity index (χ4n) is 2.81. The van der Waals surface area contributed by atoms with E-state index in [0.29, 0.717) is 5.69 Å². The Morgan fingerprint density at radius 3 is 2.62 bits per heavy atom. The summed E-state index contributed by atoms with van der Waals surface area (Å²) in [6, 6.07) is 19.9. The summed E-state index contributed by atoms with van der Waals surface area (Å²) in [7, 11) is -3.64. The van der Waals surface area contributed by atoms with E-state index in [1.807, 2.05) is 60.1 Å². The second kappa shape index (κ2) is 6.31. The molecule has 4 aromatic rings. The first-order valence-corrected chi connectivity index (χ1v) is 9.63. The fraction of sp³-hybridized carbons (Fsp3) is 0.0500. The van der Waals surface area contributed by atoms with Gasteiger partial charge in [0.15, 0.2) is 0 Å². The molecule has 0 amide bonds. The van der Waals surface area contributed by atoms with Crippen molar-refractivity contribution < 1.29 is 8.42 Å². The van der Waals surface area contributed by atoms with Gasteiger partial charge in [0, 0.05) is 23.6 Å². The highest BCUT2D eigenvalue weighted by Crippen LogP contribution is 2.24. The van der Waals surface area contributed by atoms with Crippen molar-refractivity contribution in [3.63, 3.8) is 0 Å². The molecule has 26 heavy (non-hydrogen) atoms. The largest absolute Gasteiger partial charge is 0.306 e. The minimum atomic E-state index is -3.64. The highest BCUT2D eigenvalue weighted by molar-refractivity contribution is 7.92. The quantitative estimate of drug-likeness (QED) is 0.593. The summed E-state index contributed by atoms with van der Waals surface area (Å²) in [6.45, 7) is 1.86. The van der Waals surface area contributed by atoms with Crippen LogP contribution in [0.4, 0.5) is 5.69 Å². The molecule has 4 rings (SSSR count). The maximum Gasteiger partial charge on any atom is 0.261 e. The maximum absolute atomic E-state index is 12.6. The number of nitrogens with one attached hydrogen (secondary N) is 1. The van der Waals surface area contributed by atoms with Crippen molar-refractivity contribution in [2.24, 2.45) is 0 Å². The van der Waals surface area contributed by atoms with Crippen molar-refractivity contribution in [1.82, 2.24) is 9.38 Å². The van der Waals surface area contributed by atoms with Gasteiger partial charge in [-0.3, -0.25) is 4.72 Å². The number of sulfonamides is 1. The van der Waals surface area contributed by atoms with E-state index in [0.717, 1.165) is 22.5 Å². The second-order valence-electron chi connectivity index (χ2n) is 6.10. The molecule has 5 nitrogen and oxygen atoms in total. The third-order valence-electron chi connectivity index (χ3n) is 4.07. The molecule has 0 aliphatic heterocycles. The molecule has 0 radical (unpaired) electrons. The highest BCUT2D eigenvalue weighted by Gasteiger charge is 2.15. The average Bonchev–Trinajstić information content (AvgIpc) is 3.06. The number of anilines is 1. The Balaban J connectivity index is 1.67. The number of aromatic nitrogens is 2. The van der Waals surface area contributed by atoms with Crippen molar-refractivity contribution >= 4 is 21.4 Å². The molecule has 0 unspecified atom stereocenters. The topological polar surface area (TPSA) is 63.5 Å². The molecular weight excluding hydrogens is 346 g/mol. The molecule has 0 atom stereocenters. The molecule has 0 saturated heterocycles. The summed E-state index contributed by atoms with van der Waals surface area (Å²) in [5, 5.41) is 0. The number of nitrogens with zero attached hydrogens (tertiary/aromatic N) is 2. The highest BCUT2D eigenvalue weighted by atomic mass is 32.2. The Kier molecular flexibility index (Phi) is 3.97. The fourth-order valence-corrected chi connectivity index (χ4v) is 3.97. The zero-order valence-electron chi connectivity index (χ0n) is 14.1. The van der Waals surface area contributed by atoms with Crippen LogP contribution in [0.1, 0.15) is 5.56 Å². The lowest BCUT2D eigenvalue weighted by molar-refractivity contribution is 0.601. The maximum atomic E-state index is 12.6. The van der Waals surface area contributed by atoms with Crippen LogP contribution >= 0.6 is 0 Å². The van der Waals surface area contributed by atoms with Crippen LogP contribution in [0, 0.1) is 6.92 Å². The number of imidazole rings is 1. The first kappa shape index (κ1) is 16.4. The minimum absolute atomic E-state index is 0.246. The number of pyridine rings is 1. The molecule has 0 fully saturated rings. The number of hydrogen-bond donors (Lipinski definition) is 1. The summed E-state index contributed by atoms with van der Waals surface area (Å²) in [6.07, 6.45) is 3.85. The van der Waals surface area contributed by atoms with Crippen molar-refractivity contribution in [3.8, 4) is 11.3 Å². The van der Waals surface area contributed by atoms with Crippen molar-refractivity contribution in [1.29, 1.82) is 0 Å². The smallest absolute Gasteiger partial charge is 0.261 e. The third kappa shape index (κ3) is 3.19. The third-order valence-corrected chi connectivity index (χ3v) is 5.45. The van der Waals surface area contributed by atoms with Crippen molar-refractivity contribution in [2.45, 2.75) is 11.8 Å². The Hall–Kier alpha value is -3.12. The zero-order chi connectivity index (χ0) is 18.1. The summed E-state index contributed by atoms with van der Waals surface area (Å²) >= 11 is 0. The lowest BCUT2D eigenvalue weighted by atomic mass is 10.1. The standard InChI is InChI=1S/C20H17N3O2S/c1-15-6-4-9-18(12-15)26(24,25)22-17-8-5-7-16(13-17)19-14-23-11-3-2-10-20(23)21-19/h2-14,22H,1H3. The molecule has 6 heteroatoms. The van der Waals surface area contributed by atoms with Gasteiger partial charge >= 0.3 is 0 Å². The van der Waals surface area contributed by atoms with E-state index in [-0.39, 0.29) is 4.90 Å². The van der Waals surface area contributed by atoms with E-state index in [4.69, 9.17) is 0 Å². The number of aryl methyl sites for hydroxylation is 1. The van der Waals surface area contributed by atoms with Crippen molar-refractivity contribution in [2.75, 3.05) is 4.72 Å². The van der Waals surface area contributed by atoms with Gasteiger partial charge in [-0.1, -0.05) is 30.3 Å². The molecule has 1 N–H and O–H groups in total. The number of hydrogen-bond acceptors (Lipinski definition) is 3. The van der Waals surface area contributed by atoms with Crippen LogP contribution in [0.15, 0.2) is 84.0 Å². The van der Waals surface area contributed by atoms with Crippen LogP contribution in [0.3, 0.4) is 0 Å². The Morgan fingerprint density at radius 1 is 0.962 bits per heavy atom. The number of benzene rings is 2. The predicted molar refractivity (Wildman–Crippen MR) is 103 cm³/mol. The van der Waals surface area contributed by atoms with Crippen LogP contribution in [0.5, 0.6) is 0 Å². The van der Waals surface area contributed by atoms with Crippen LogP contribution in [0.25, 0.3) is 16.9 Å². The van der Waals surface area contributed by atoms with Crippen LogP contribution in [0.2, 0.25) is 0 Å². The zero-order valence-corrected chi connectivity index (χ0v) is 14.9. The predicted octanol–water partition coefficient (Wildman–Crippen LogP) is 4.11. The summed E-state index contributed by atoms with van der Waals surface area (Å²) in [5.74, 6) is 0. The van der Waals surface area contributed by atoms with Gasteiger partial charge in [0.25, 0.3) is 10.0 Å². The van der Waals surface area contributed by atoms with E-state index in [2.05, 4.69) is 9.71 Å². The molecule has 2 aromatic heterocycles. The van der Waals surface area contributed by atoms with Gasteiger partial charge in [-0.15, -0.1) is 0 Å². The molecule has 0 spiro atoms. The molecule has 0 saturated carbocycles. The van der Waals surface area contributed by atoms with E-state index in [1.165, 1.54) is 0 Å². The van der Waals surface area contributed by atoms with Crippen molar-refractivity contribution in [3.05, 3.63) is 84.7 Å². The van der Waals surface area contributed by atoms with Gasteiger partial charge in [0.1, 0.15) is 5.65 Å². The van der Waals surface area contributed by atoms with Gasteiger partial charge in [-0.25, -0.2) is 13.4 Å². The van der Waals surface area contributed by atoms with E-state index in [1.54, 1.807) is 30.3 Å². The first-order valence-electron chi connectivity index (χ1n) is 8.15. The van der Waals surface area contributed by atoms with Gasteiger partial charge < -0.3 is 4.40 Å². The molecule has 2 heterocycles. The van der Waals surface area contributed by atoms with Crippen LogP contribution in [-0.2, 0) is 10.0 Å². The molecule has 2 aromatic carbocycles. The second-order valence-corrected chi connectivity index (χ2v) is 7.78. The van der Waals surface area contributed by atoms with Crippen LogP contribution in [-0.4, -0.2) is 17.8 Å². The Morgan fingerprint density at radius 2 is 1.81 bits per heavy atom. The Bertz CT molecular complexity index is 1160. The van der Waals surface area contributed by atoms with E-state index >= 15 is 0 Å². The molecule has 130 valence electrons. The molecule has 0 aliphatic rings. The number of rotatable bonds is 4. The SMILES string of the molecule is Cc1cccc(S(=O)(=O)Nc2cccc(-c3cn4ccccc4n3)c2)c1. The Labute approximate surface area is 152 Å². The number of fused-ring (bicyclic) bond motifs is 1. The van der Waals surface area contributed by atoms with E-state index < -0.39 is 10.0 Å². The lowest BCUT2D eigenvalue weighted by Gasteiger charge is -2.09. The molecule has 0 aliphatic carbocycles. The van der Waals surface area contributed by atoms with Gasteiger partial charge in [0.05, 0.1) is 10.6 Å². The first-order chi connectivity index (χ1) is 12.5. The van der Waals surface area contributed by atoms with Gasteiger partial charge in [0.2, 0.25) is 0 Å². The van der Waals surface area contributed by atoms with Gasteiger partial charge in [-0.2, -0.15) is 0 Å². The lowest BCUT2D eigenvalue weighted by Crippen LogP contribution is -2.13. The molecular formula is C20H17N3O2S.